The molecular weight excluding hydrogens is 570 g/mol. The van der Waals surface area contributed by atoms with E-state index < -0.39 is 55.1 Å². The Morgan fingerprint density at radius 3 is 2.31 bits per heavy atom. The summed E-state index contributed by atoms with van der Waals surface area (Å²) in [6.45, 7) is 0.727. The topological polar surface area (TPSA) is 131 Å². The van der Waals surface area contributed by atoms with Crippen LogP contribution in [0.2, 0.25) is 0 Å². The predicted octanol–water partition coefficient (Wildman–Crippen LogP) is 3.75. The van der Waals surface area contributed by atoms with Crippen LogP contribution in [0.3, 0.4) is 0 Å². The van der Waals surface area contributed by atoms with Crippen molar-refractivity contribution < 1.29 is 48.7 Å². The Morgan fingerprint density at radius 1 is 1.08 bits per heavy atom. The van der Waals surface area contributed by atoms with E-state index in [1.165, 1.54) is 12.1 Å². The minimum Gasteiger partial charge on any atom is -0.485 e. The van der Waals surface area contributed by atoms with Crippen molar-refractivity contribution in [1.82, 2.24) is 4.72 Å². The molecule has 2 N–H and O–H groups in total. The molecule has 1 aliphatic heterocycles. The fourth-order valence-corrected chi connectivity index (χ4v) is 6.50. The van der Waals surface area contributed by atoms with E-state index in [4.69, 9.17) is 4.74 Å². The Morgan fingerprint density at radius 2 is 1.72 bits per heavy atom. The van der Waals surface area contributed by atoms with Crippen LogP contribution in [0.5, 0.6) is 5.75 Å². The number of rotatable bonds is 8. The van der Waals surface area contributed by atoms with Gasteiger partial charge in [0.25, 0.3) is 10.0 Å². The van der Waals surface area contributed by atoms with Gasteiger partial charge < -0.3 is 9.47 Å². The van der Waals surface area contributed by atoms with E-state index >= 15 is 0 Å². The fraction of sp³-hybridized carbons (Fsp3) is 0.435. The first kappa shape index (κ1) is 28.9. The molecule has 2 aliphatic rings. The number of amides is 1. The second-order valence-corrected chi connectivity index (χ2v) is 13.4. The van der Waals surface area contributed by atoms with Crippen LogP contribution in [0, 0.1) is 5.82 Å². The number of fused-ring (bicyclic) bond motifs is 1. The zero-order chi connectivity index (χ0) is 28.8. The third-order valence-electron chi connectivity index (χ3n) is 6.04. The van der Waals surface area contributed by atoms with Gasteiger partial charge in [0.05, 0.1) is 22.4 Å². The van der Waals surface area contributed by atoms with Gasteiger partial charge in [0.1, 0.15) is 17.7 Å². The number of ether oxygens (including phenoxy) is 2. The van der Waals surface area contributed by atoms with Gasteiger partial charge in [-0.05, 0) is 69.2 Å². The lowest BCUT2D eigenvalue weighted by molar-refractivity contribution is -0.242. The summed E-state index contributed by atoms with van der Waals surface area (Å²) in [5.41, 5.74) is -2.99. The normalized spacial score (nSPS) is 18.2. The molecule has 214 valence electrons. The van der Waals surface area contributed by atoms with E-state index in [0.29, 0.717) is 26.7 Å². The Bertz CT molecular complexity index is 1460. The summed E-state index contributed by atoms with van der Waals surface area (Å²) in [6, 6.07) is 7.67. The molecule has 16 heteroatoms. The monoisotopic (exact) mass is 595 g/mol. The minimum atomic E-state index is -4.84. The summed E-state index contributed by atoms with van der Waals surface area (Å²) in [6.07, 6.45) is -6.20. The number of benzene rings is 2. The average molecular weight is 596 g/mol. The summed E-state index contributed by atoms with van der Waals surface area (Å²) in [4.78, 5) is 11.9. The van der Waals surface area contributed by atoms with Crippen LogP contribution in [0.1, 0.15) is 26.7 Å². The van der Waals surface area contributed by atoms with Crippen LogP contribution in [0.25, 0.3) is 0 Å². The van der Waals surface area contributed by atoms with Gasteiger partial charge in [-0.1, -0.05) is 0 Å². The molecule has 0 saturated heterocycles. The average Bonchev–Trinajstić information content (AvgIpc) is 3.68. The van der Waals surface area contributed by atoms with E-state index in [1.807, 2.05) is 0 Å². The zero-order valence-corrected chi connectivity index (χ0v) is 22.3. The molecule has 1 fully saturated rings. The number of nitrogens with zero attached hydrogens (tertiary/aromatic N) is 1. The van der Waals surface area contributed by atoms with Gasteiger partial charge in [-0.15, -0.1) is 0 Å². The van der Waals surface area contributed by atoms with Gasteiger partial charge in [-0.3, -0.25) is 9.62 Å². The van der Waals surface area contributed by atoms with Crippen LogP contribution in [-0.4, -0.2) is 59.1 Å². The lowest BCUT2D eigenvalue weighted by atomic mass is 10.1. The summed E-state index contributed by atoms with van der Waals surface area (Å²) >= 11 is 0. The van der Waals surface area contributed by atoms with Gasteiger partial charge in [0, 0.05) is 12.2 Å². The molecule has 39 heavy (non-hydrogen) atoms. The van der Waals surface area contributed by atoms with Gasteiger partial charge >= 0.3 is 12.3 Å². The number of hydrogen-bond donors (Lipinski definition) is 2. The first-order chi connectivity index (χ1) is 18.0. The number of anilines is 2. The first-order valence-electron chi connectivity index (χ1n) is 11.6. The second-order valence-electron chi connectivity index (χ2n) is 9.53. The van der Waals surface area contributed by atoms with Crippen molar-refractivity contribution in [2.75, 3.05) is 22.7 Å². The quantitative estimate of drug-likeness (QED) is 0.445. The molecular formula is C23H25F4N3O7S2. The van der Waals surface area contributed by atoms with E-state index in [1.54, 1.807) is 0 Å². The first-order valence-corrected chi connectivity index (χ1v) is 14.6. The smallest absolute Gasteiger partial charge is 0.427 e. The van der Waals surface area contributed by atoms with Crippen LogP contribution in [0.15, 0.2) is 47.4 Å². The highest BCUT2D eigenvalue weighted by Gasteiger charge is 2.51. The number of alkyl halides is 3. The highest BCUT2D eigenvalue weighted by Crippen LogP contribution is 2.39. The number of nitrogens with one attached hydrogen (secondary N) is 2. The van der Waals surface area contributed by atoms with Gasteiger partial charge in [-0.25, -0.2) is 30.7 Å². The van der Waals surface area contributed by atoms with E-state index in [0.717, 1.165) is 34.6 Å². The Hall–Kier alpha value is -3.11. The number of halogens is 4. The maximum Gasteiger partial charge on any atom is 0.427 e. The van der Waals surface area contributed by atoms with E-state index in [2.05, 4.69) is 14.8 Å². The van der Waals surface area contributed by atoms with Gasteiger partial charge in [-0.2, -0.15) is 13.2 Å². The van der Waals surface area contributed by atoms with Crippen molar-refractivity contribution >= 4 is 37.5 Å². The van der Waals surface area contributed by atoms with E-state index in [-0.39, 0.29) is 35.1 Å². The van der Waals surface area contributed by atoms with Gasteiger partial charge in [0.2, 0.25) is 15.6 Å². The molecule has 1 aliphatic carbocycles. The molecule has 2 aromatic carbocycles. The highest BCUT2D eigenvalue weighted by atomic mass is 32.2. The zero-order valence-electron chi connectivity index (χ0n) is 20.7. The minimum absolute atomic E-state index is 0.00269. The van der Waals surface area contributed by atoms with Crippen molar-refractivity contribution in [1.29, 1.82) is 0 Å². The number of carbonyl (C=O) groups is 1. The Kier molecular flexibility index (Phi) is 7.50. The molecule has 0 unspecified atom stereocenters. The Balaban J connectivity index is 1.63. The lowest BCUT2D eigenvalue weighted by Gasteiger charge is -2.36. The number of sulfonamides is 2. The molecule has 0 radical (unpaired) electrons. The SMILES string of the molecule is CC(C)(OC(=O)Nc1ccc2c(c1)N(S(=O)(=O)c1ccc(F)cc1)C[C@H](CNS(=O)(=O)C1CC1)O2)C(F)(F)F. The number of carbonyl (C=O) groups excluding carboxylic acids is 1. The van der Waals surface area contributed by atoms with Crippen LogP contribution in [0.4, 0.5) is 33.7 Å². The van der Waals surface area contributed by atoms with Crippen molar-refractivity contribution in [2.24, 2.45) is 0 Å². The van der Waals surface area contributed by atoms with Crippen LogP contribution < -0.4 is 19.1 Å². The van der Waals surface area contributed by atoms with E-state index in [9.17, 15) is 39.2 Å². The molecule has 1 atom stereocenters. The molecule has 10 nitrogen and oxygen atoms in total. The van der Waals surface area contributed by atoms with Crippen LogP contribution >= 0.6 is 0 Å². The Labute approximate surface area is 222 Å². The predicted molar refractivity (Wildman–Crippen MR) is 132 cm³/mol. The molecule has 0 spiro atoms. The summed E-state index contributed by atoms with van der Waals surface area (Å²) in [5, 5.41) is 1.62. The van der Waals surface area contributed by atoms with Crippen LogP contribution in [-0.2, 0) is 24.8 Å². The van der Waals surface area contributed by atoms with Crippen molar-refractivity contribution in [3.05, 3.63) is 48.3 Å². The molecule has 0 aromatic heterocycles. The van der Waals surface area contributed by atoms with Crippen molar-refractivity contribution in [2.45, 2.75) is 54.7 Å². The van der Waals surface area contributed by atoms with Gasteiger partial charge in [0.15, 0.2) is 0 Å². The maximum absolute atomic E-state index is 13.5. The maximum atomic E-state index is 13.5. The third-order valence-corrected chi connectivity index (χ3v) is 9.76. The molecule has 1 amide bonds. The molecule has 1 heterocycles. The lowest BCUT2D eigenvalue weighted by Crippen LogP contribution is -2.48. The molecule has 2 aromatic rings. The standard InChI is InChI=1S/C23H25F4N3O7S2/c1-22(2,23(25,26)27)37-21(31)29-15-5-10-20-19(11-15)30(39(34,35)18-6-3-14(24)4-7-18)13-16(36-20)12-28-38(32,33)17-8-9-17/h3-7,10-11,16-17,28H,8-9,12-13H2,1-2H3,(H,29,31)/t16-/m0/s1. The fourth-order valence-electron chi connectivity index (χ4n) is 3.60. The van der Waals surface area contributed by atoms with Crippen molar-refractivity contribution in [3.63, 3.8) is 0 Å². The summed E-state index contributed by atoms with van der Waals surface area (Å²) in [7, 11) is -7.96. The molecule has 0 bridgehead atoms. The largest absolute Gasteiger partial charge is 0.485 e. The second kappa shape index (κ2) is 10.1. The molecule has 1 saturated carbocycles. The highest BCUT2D eigenvalue weighted by molar-refractivity contribution is 7.92. The summed E-state index contributed by atoms with van der Waals surface area (Å²) < 4.78 is 118. The summed E-state index contributed by atoms with van der Waals surface area (Å²) in [5.74, 6) is -0.674. The van der Waals surface area contributed by atoms with Crippen molar-refractivity contribution in [3.8, 4) is 5.75 Å². The third kappa shape index (κ3) is 6.38. The molecule has 4 rings (SSSR count). The number of hydrogen-bond acceptors (Lipinski definition) is 7.